The van der Waals surface area contributed by atoms with Gasteiger partial charge in [-0.2, -0.15) is 0 Å². The Hall–Kier alpha value is -3.08. The highest BCUT2D eigenvalue weighted by molar-refractivity contribution is 6.09. The Labute approximate surface area is 139 Å². The van der Waals surface area contributed by atoms with Crippen LogP contribution in [0, 0.1) is 0 Å². The molecule has 0 amide bonds. The van der Waals surface area contributed by atoms with E-state index in [2.05, 4.69) is 0 Å². The largest absolute Gasteiger partial charge is 0.497 e. The number of hydrogen-bond acceptors (Lipinski definition) is 3. The van der Waals surface area contributed by atoms with Gasteiger partial charge in [-0.3, -0.25) is 9.59 Å². The number of methoxy groups -OCH3 is 1. The van der Waals surface area contributed by atoms with E-state index < -0.39 is 5.97 Å². The van der Waals surface area contributed by atoms with Crippen LogP contribution in [0.1, 0.15) is 23.2 Å². The van der Waals surface area contributed by atoms with Crippen LogP contribution in [0.25, 0.3) is 16.6 Å². The second-order valence-corrected chi connectivity index (χ2v) is 5.46. The van der Waals surface area contributed by atoms with Crippen LogP contribution in [0.15, 0.2) is 54.9 Å². The quantitative estimate of drug-likeness (QED) is 0.703. The van der Waals surface area contributed by atoms with Gasteiger partial charge in [0, 0.05) is 24.4 Å². The van der Waals surface area contributed by atoms with E-state index in [-0.39, 0.29) is 18.6 Å². The molecule has 5 heteroatoms. The van der Waals surface area contributed by atoms with Gasteiger partial charge in [-0.15, -0.1) is 0 Å². The first-order valence-electron chi connectivity index (χ1n) is 7.59. The van der Waals surface area contributed by atoms with Crippen LogP contribution >= 0.6 is 0 Å². The first-order valence-corrected chi connectivity index (χ1v) is 7.59. The average Bonchev–Trinajstić information content (AvgIpc) is 2.99. The zero-order valence-corrected chi connectivity index (χ0v) is 13.2. The molecule has 0 unspecified atom stereocenters. The molecule has 24 heavy (non-hydrogen) atoms. The maximum atomic E-state index is 12.6. The van der Waals surface area contributed by atoms with Crippen LogP contribution in [0.5, 0.6) is 5.75 Å². The van der Waals surface area contributed by atoms with Crippen molar-refractivity contribution in [3.05, 3.63) is 60.4 Å². The van der Waals surface area contributed by atoms with E-state index in [0.717, 1.165) is 22.4 Å². The zero-order valence-electron chi connectivity index (χ0n) is 13.2. The number of ether oxygens (including phenoxy) is 1. The Kier molecular flexibility index (Phi) is 4.33. The Bertz CT molecular complexity index is 893. The summed E-state index contributed by atoms with van der Waals surface area (Å²) in [5.41, 5.74) is 3.01. The fraction of sp³-hybridized carbons (Fsp3) is 0.158. The monoisotopic (exact) mass is 323 g/mol. The maximum absolute atomic E-state index is 12.6. The van der Waals surface area contributed by atoms with Crippen molar-refractivity contribution in [2.75, 3.05) is 7.11 Å². The van der Waals surface area contributed by atoms with E-state index in [4.69, 9.17) is 9.84 Å². The summed E-state index contributed by atoms with van der Waals surface area (Å²) in [6.45, 7) is 0. The Balaban J connectivity index is 2.10. The molecule has 0 aliphatic carbocycles. The third kappa shape index (κ3) is 3.01. The van der Waals surface area contributed by atoms with Crippen molar-refractivity contribution in [1.29, 1.82) is 0 Å². The molecule has 0 spiro atoms. The van der Waals surface area contributed by atoms with Gasteiger partial charge in [0.1, 0.15) is 5.75 Å². The Morgan fingerprint density at radius 1 is 1.08 bits per heavy atom. The highest BCUT2D eigenvalue weighted by Crippen LogP contribution is 2.31. The molecule has 122 valence electrons. The summed E-state index contributed by atoms with van der Waals surface area (Å²) in [5, 5.41) is 8.85. The van der Waals surface area contributed by atoms with Crippen molar-refractivity contribution >= 4 is 17.3 Å². The number of pyridine rings is 1. The lowest BCUT2D eigenvalue weighted by molar-refractivity contribution is -0.136. The van der Waals surface area contributed by atoms with Crippen molar-refractivity contribution in [2.45, 2.75) is 12.8 Å². The number of fused-ring (bicyclic) bond motifs is 1. The van der Waals surface area contributed by atoms with Crippen LogP contribution in [0.4, 0.5) is 0 Å². The predicted octanol–water partition coefficient (Wildman–Crippen LogP) is 3.66. The van der Waals surface area contributed by atoms with Crippen LogP contribution in [-0.2, 0) is 4.79 Å². The van der Waals surface area contributed by atoms with Gasteiger partial charge in [0.05, 0.1) is 24.6 Å². The summed E-state index contributed by atoms with van der Waals surface area (Å²) in [4.78, 5) is 23.4. The summed E-state index contributed by atoms with van der Waals surface area (Å²) in [7, 11) is 1.60. The number of aliphatic carboxylic acids is 1. The van der Waals surface area contributed by atoms with E-state index in [1.165, 1.54) is 0 Å². The molecule has 3 aromatic rings. The molecule has 0 aliphatic rings. The lowest BCUT2D eigenvalue weighted by atomic mass is 9.98. The minimum Gasteiger partial charge on any atom is -0.497 e. The van der Waals surface area contributed by atoms with Gasteiger partial charge in [0.25, 0.3) is 0 Å². The van der Waals surface area contributed by atoms with Crippen LogP contribution in [-0.4, -0.2) is 28.4 Å². The smallest absolute Gasteiger partial charge is 0.303 e. The third-order valence-electron chi connectivity index (χ3n) is 3.93. The number of ketones is 1. The number of hydrogen-bond donors (Lipinski definition) is 1. The summed E-state index contributed by atoms with van der Waals surface area (Å²) in [5.74, 6) is -0.406. The lowest BCUT2D eigenvalue weighted by Crippen LogP contribution is -2.04. The third-order valence-corrected chi connectivity index (χ3v) is 3.93. The molecule has 2 heterocycles. The number of nitrogens with zero attached hydrogens (tertiary/aromatic N) is 1. The zero-order chi connectivity index (χ0) is 17.1. The number of rotatable bonds is 6. The van der Waals surface area contributed by atoms with E-state index in [0.29, 0.717) is 5.56 Å². The number of carbonyl (C=O) groups is 2. The minimum atomic E-state index is -0.974. The van der Waals surface area contributed by atoms with Gasteiger partial charge in [-0.1, -0.05) is 18.2 Å². The molecule has 0 saturated carbocycles. The summed E-state index contributed by atoms with van der Waals surface area (Å²) >= 11 is 0. The lowest BCUT2D eigenvalue weighted by Gasteiger charge is -2.05. The molecule has 0 bridgehead atoms. The topological polar surface area (TPSA) is 68.0 Å². The molecule has 0 atom stereocenters. The number of Topliss-reactive ketones (excluding diaryl/α,β-unsaturated/α-hetero) is 1. The van der Waals surface area contributed by atoms with Gasteiger partial charge in [0.15, 0.2) is 5.78 Å². The second-order valence-electron chi connectivity index (χ2n) is 5.46. The molecule has 3 rings (SSSR count). The fourth-order valence-electron chi connectivity index (χ4n) is 2.75. The maximum Gasteiger partial charge on any atom is 0.303 e. The van der Waals surface area contributed by atoms with Gasteiger partial charge in [-0.05, 0) is 29.8 Å². The first-order chi connectivity index (χ1) is 11.6. The number of carboxylic acids is 1. The summed E-state index contributed by atoms with van der Waals surface area (Å²) < 4.78 is 7.05. The molecule has 1 aromatic carbocycles. The van der Waals surface area contributed by atoms with E-state index in [1.54, 1.807) is 7.11 Å². The molecule has 0 saturated heterocycles. The average molecular weight is 323 g/mol. The highest BCUT2D eigenvalue weighted by Gasteiger charge is 2.19. The molecular formula is C19H17NO4. The normalized spacial score (nSPS) is 10.7. The van der Waals surface area contributed by atoms with E-state index in [9.17, 15) is 9.59 Å². The minimum absolute atomic E-state index is 0.0208. The standard InChI is InChI=1S/C19H17NO4/c1-24-14-7-5-13(6-8-14)15-12-20-11-3-2-4-16(20)19(15)17(21)9-10-18(22)23/h2-8,11-12H,9-10H2,1H3,(H,22,23). The number of carbonyl (C=O) groups excluding carboxylic acids is 1. The van der Waals surface area contributed by atoms with Gasteiger partial charge in [0.2, 0.25) is 0 Å². The SMILES string of the molecule is COc1ccc(-c2cn3ccccc3c2C(=O)CCC(=O)O)cc1. The highest BCUT2D eigenvalue weighted by atomic mass is 16.5. The number of carboxylic acid groups (broad SMARTS) is 1. The predicted molar refractivity (Wildman–Crippen MR) is 90.6 cm³/mol. The van der Waals surface area contributed by atoms with Crippen molar-refractivity contribution < 1.29 is 19.4 Å². The molecule has 1 N–H and O–H groups in total. The van der Waals surface area contributed by atoms with Gasteiger partial charge < -0.3 is 14.2 Å². The fourth-order valence-corrected chi connectivity index (χ4v) is 2.75. The first kappa shape index (κ1) is 15.8. The van der Waals surface area contributed by atoms with Gasteiger partial charge >= 0.3 is 5.97 Å². The van der Waals surface area contributed by atoms with Crippen molar-refractivity contribution in [3.8, 4) is 16.9 Å². The van der Waals surface area contributed by atoms with Crippen LogP contribution in [0.2, 0.25) is 0 Å². The Morgan fingerprint density at radius 3 is 2.50 bits per heavy atom. The van der Waals surface area contributed by atoms with Crippen molar-refractivity contribution in [2.24, 2.45) is 0 Å². The molecule has 5 nitrogen and oxygen atoms in total. The second kappa shape index (κ2) is 6.58. The molecule has 0 fully saturated rings. The summed E-state index contributed by atoms with van der Waals surface area (Å²) in [6.07, 6.45) is 3.57. The molecule has 0 radical (unpaired) electrons. The summed E-state index contributed by atoms with van der Waals surface area (Å²) in [6, 6.07) is 13.1. The van der Waals surface area contributed by atoms with Crippen LogP contribution in [0.3, 0.4) is 0 Å². The van der Waals surface area contributed by atoms with Crippen molar-refractivity contribution in [1.82, 2.24) is 4.40 Å². The van der Waals surface area contributed by atoms with Crippen molar-refractivity contribution in [3.63, 3.8) is 0 Å². The van der Waals surface area contributed by atoms with Gasteiger partial charge in [-0.25, -0.2) is 0 Å². The van der Waals surface area contributed by atoms with E-state index >= 15 is 0 Å². The number of benzene rings is 1. The Morgan fingerprint density at radius 2 is 1.83 bits per heavy atom. The van der Waals surface area contributed by atoms with Crippen LogP contribution < -0.4 is 4.74 Å². The molecular weight excluding hydrogens is 306 g/mol. The molecule has 2 aromatic heterocycles. The van der Waals surface area contributed by atoms with E-state index in [1.807, 2.05) is 59.3 Å². The molecule has 0 aliphatic heterocycles. The number of aromatic nitrogens is 1.